The van der Waals surface area contributed by atoms with E-state index in [2.05, 4.69) is 5.32 Å². The number of urea groups is 1. The number of rotatable bonds is 5. The summed E-state index contributed by atoms with van der Waals surface area (Å²) in [4.78, 5) is 40.2. The van der Waals surface area contributed by atoms with Gasteiger partial charge in [0.05, 0.1) is 0 Å². The molecule has 1 N–H and O–H groups in total. The maximum atomic E-state index is 13.7. The predicted octanol–water partition coefficient (Wildman–Crippen LogP) is 2.39. The molecule has 1 fully saturated rings. The molecular formula is C19H17IN2O5. The highest BCUT2D eigenvalue weighted by Crippen LogP contribution is 2.41. The fraction of sp³-hybridized carbons (Fsp3) is 0.211. The Morgan fingerprint density at radius 3 is 1.74 bits per heavy atom. The Bertz CT molecular complexity index is 829. The van der Waals surface area contributed by atoms with Gasteiger partial charge in [0.2, 0.25) is 0 Å². The number of amides is 4. The van der Waals surface area contributed by atoms with Crippen LogP contribution in [-0.4, -0.2) is 40.9 Å². The van der Waals surface area contributed by atoms with Crippen LogP contribution in [0.25, 0.3) is 0 Å². The van der Waals surface area contributed by atoms with Gasteiger partial charge in [-0.2, -0.15) is 4.90 Å². The number of barbiturate groups is 1. The van der Waals surface area contributed by atoms with E-state index in [4.69, 9.17) is 9.47 Å². The Kier molecular flexibility index (Phi) is 5.31. The van der Waals surface area contributed by atoms with E-state index < -0.39 is 27.2 Å². The maximum absolute atomic E-state index is 13.7. The lowest BCUT2D eigenvalue weighted by Crippen LogP contribution is -2.71. The molecule has 0 aliphatic carbocycles. The summed E-state index contributed by atoms with van der Waals surface area (Å²) < 4.78 is 8.82. The Morgan fingerprint density at radius 1 is 0.889 bits per heavy atom. The van der Waals surface area contributed by atoms with Gasteiger partial charge >= 0.3 is 9.95 Å². The molecule has 0 atom stereocenters. The Hall–Kier alpha value is -2.30. The van der Waals surface area contributed by atoms with E-state index >= 15 is 0 Å². The van der Waals surface area contributed by atoms with Crippen molar-refractivity contribution in [1.29, 1.82) is 0 Å². The lowest BCUT2D eigenvalue weighted by atomic mass is 9.71. The van der Waals surface area contributed by atoms with Gasteiger partial charge in [0.15, 0.2) is 5.41 Å². The summed E-state index contributed by atoms with van der Waals surface area (Å²) >= 11 is 1.70. The minimum atomic E-state index is -1.76. The fourth-order valence-corrected chi connectivity index (χ4v) is 3.60. The van der Waals surface area contributed by atoms with Crippen LogP contribution in [0.15, 0.2) is 60.7 Å². The van der Waals surface area contributed by atoms with Gasteiger partial charge < -0.3 is 9.47 Å². The molecule has 3 rings (SSSR count). The second-order valence-corrected chi connectivity index (χ2v) is 7.16. The van der Waals surface area contributed by atoms with Crippen molar-refractivity contribution in [2.24, 2.45) is 0 Å². The van der Waals surface area contributed by atoms with Crippen molar-refractivity contribution in [3.05, 3.63) is 71.8 Å². The number of benzene rings is 2. The molecule has 1 saturated heterocycles. The molecule has 7 nitrogen and oxygen atoms in total. The van der Waals surface area contributed by atoms with Crippen molar-refractivity contribution in [3.63, 3.8) is 0 Å². The molecule has 0 aromatic heterocycles. The van der Waals surface area contributed by atoms with Crippen molar-refractivity contribution in [3.8, 4) is 0 Å². The van der Waals surface area contributed by atoms with Crippen LogP contribution in [0, 0.1) is 0 Å². The minimum absolute atomic E-state index is 0.433. The van der Waals surface area contributed by atoms with Gasteiger partial charge in [0.1, 0.15) is 0 Å². The first-order valence-corrected chi connectivity index (χ1v) is 9.10. The second kappa shape index (κ2) is 7.37. The average molecular weight is 480 g/mol. The molecule has 1 aliphatic rings. The number of halogens is 1. The van der Waals surface area contributed by atoms with E-state index in [0.29, 0.717) is 11.1 Å². The van der Waals surface area contributed by atoms with Crippen LogP contribution in [0.1, 0.15) is 11.1 Å². The van der Waals surface area contributed by atoms with E-state index in [1.54, 1.807) is 83.3 Å². The Morgan fingerprint density at radius 2 is 1.33 bits per heavy atom. The monoisotopic (exact) mass is 480 g/mol. The fourth-order valence-electron chi connectivity index (χ4n) is 3.16. The lowest BCUT2D eigenvalue weighted by Gasteiger charge is -2.44. The second-order valence-electron chi connectivity index (χ2n) is 5.79. The zero-order valence-electron chi connectivity index (χ0n) is 14.6. The molecule has 0 radical (unpaired) electrons. The number of alkyl halides is 1. The third-order valence-electron chi connectivity index (χ3n) is 4.47. The van der Waals surface area contributed by atoms with Crippen LogP contribution in [0.2, 0.25) is 0 Å². The van der Waals surface area contributed by atoms with Gasteiger partial charge in [-0.25, -0.2) is 4.79 Å². The van der Waals surface area contributed by atoms with Crippen LogP contribution in [0.5, 0.6) is 0 Å². The summed E-state index contributed by atoms with van der Waals surface area (Å²) in [6.07, 6.45) is 0. The number of imide groups is 2. The van der Waals surface area contributed by atoms with Gasteiger partial charge in [0.25, 0.3) is 11.8 Å². The SMILES string of the molecule is COC(I)(OC)N1C(=O)NC(=O)C(c2ccccc2)(c2ccccc2)C1=O. The molecule has 0 saturated carbocycles. The van der Waals surface area contributed by atoms with Crippen molar-refractivity contribution >= 4 is 40.4 Å². The molecule has 0 spiro atoms. The van der Waals surface area contributed by atoms with Crippen LogP contribution in [0.4, 0.5) is 4.79 Å². The number of nitrogens with one attached hydrogen (secondary N) is 1. The third-order valence-corrected chi connectivity index (χ3v) is 5.84. The predicted molar refractivity (Wildman–Crippen MR) is 105 cm³/mol. The number of ether oxygens (including phenoxy) is 2. The van der Waals surface area contributed by atoms with E-state index in [9.17, 15) is 14.4 Å². The number of methoxy groups -OCH3 is 2. The number of hydrogen-bond acceptors (Lipinski definition) is 5. The third kappa shape index (κ3) is 2.93. The van der Waals surface area contributed by atoms with E-state index in [0.717, 1.165) is 4.90 Å². The standard InChI is InChI=1S/C19H17IN2O5/c1-26-19(20,27-2)22-16(24)18(15(23)21-17(22)25,13-9-5-3-6-10-13)14-11-7-4-8-12-14/h3-12H,1-2H3,(H,21,23,25). The van der Waals surface area contributed by atoms with Crippen LogP contribution in [-0.2, 0) is 24.5 Å². The number of hydrogen-bond donors (Lipinski definition) is 1. The quantitative estimate of drug-likeness (QED) is 0.234. The number of carbonyl (C=O) groups excluding carboxylic acids is 3. The molecule has 4 amide bonds. The molecule has 1 aliphatic heterocycles. The zero-order valence-corrected chi connectivity index (χ0v) is 16.8. The summed E-state index contributed by atoms with van der Waals surface area (Å²) in [6.45, 7) is 0. The highest BCUT2D eigenvalue weighted by atomic mass is 127. The summed E-state index contributed by atoms with van der Waals surface area (Å²) in [5, 5.41) is 2.28. The van der Waals surface area contributed by atoms with E-state index in [-0.39, 0.29) is 0 Å². The summed E-state index contributed by atoms with van der Waals surface area (Å²) in [6, 6.07) is 16.3. The average Bonchev–Trinajstić information content (AvgIpc) is 2.69. The van der Waals surface area contributed by atoms with Crippen molar-refractivity contribution in [2.75, 3.05) is 14.2 Å². The number of carbonyl (C=O) groups is 3. The summed E-state index contributed by atoms with van der Waals surface area (Å²) in [5.74, 6) is -1.48. The molecular weight excluding hydrogens is 463 g/mol. The maximum Gasteiger partial charge on any atom is 0.335 e. The molecule has 8 heteroatoms. The molecule has 2 aromatic rings. The molecule has 0 unspecified atom stereocenters. The van der Waals surface area contributed by atoms with Crippen molar-refractivity contribution < 1.29 is 23.9 Å². The van der Waals surface area contributed by atoms with E-state index in [1.807, 2.05) is 0 Å². The summed E-state index contributed by atoms with van der Waals surface area (Å²) in [5.41, 5.74) is -0.895. The Balaban J connectivity index is 2.31. The topological polar surface area (TPSA) is 84.9 Å². The summed E-state index contributed by atoms with van der Waals surface area (Å²) in [7, 11) is 2.61. The van der Waals surface area contributed by atoms with Crippen LogP contribution < -0.4 is 5.32 Å². The number of nitrogens with zero attached hydrogens (tertiary/aromatic N) is 1. The van der Waals surface area contributed by atoms with Gasteiger partial charge in [-0.1, -0.05) is 60.7 Å². The van der Waals surface area contributed by atoms with Gasteiger partial charge in [-0.05, 0) is 11.1 Å². The first kappa shape index (κ1) is 19.5. The first-order chi connectivity index (χ1) is 12.9. The van der Waals surface area contributed by atoms with Crippen LogP contribution in [0.3, 0.4) is 0 Å². The normalized spacial score (nSPS) is 17.0. The van der Waals surface area contributed by atoms with Gasteiger partial charge in [-0.15, -0.1) is 0 Å². The zero-order chi connectivity index (χ0) is 19.7. The molecule has 1 heterocycles. The van der Waals surface area contributed by atoms with Crippen molar-refractivity contribution in [2.45, 2.75) is 9.33 Å². The van der Waals surface area contributed by atoms with Gasteiger partial charge in [0, 0.05) is 36.8 Å². The smallest absolute Gasteiger partial charge is 0.328 e. The first-order valence-electron chi connectivity index (χ1n) is 8.02. The molecule has 140 valence electrons. The Labute approximate surface area is 169 Å². The van der Waals surface area contributed by atoms with Crippen LogP contribution >= 0.6 is 22.6 Å². The lowest BCUT2D eigenvalue weighted by molar-refractivity contribution is -0.203. The minimum Gasteiger partial charge on any atom is -0.328 e. The van der Waals surface area contributed by atoms with Crippen molar-refractivity contribution in [1.82, 2.24) is 10.2 Å². The molecule has 27 heavy (non-hydrogen) atoms. The van der Waals surface area contributed by atoms with E-state index in [1.165, 1.54) is 14.2 Å². The largest absolute Gasteiger partial charge is 0.335 e. The molecule has 0 bridgehead atoms. The van der Waals surface area contributed by atoms with Gasteiger partial charge in [-0.3, -0.25) is 14.9 Å². The highest BCUT2D eigenvalue weighted by molar-refractivity contribution is 14.1. The highest BCUT2D eigenvalue weighted by Gasteiger charge is 2.61. The molecule has 2 aromatic carbocycles.